The molecule has 1 aromatic rings. The summed E-state index contributed by atoms with van der Waals surface area (Å²) in [4.78, 5) is 0. The molecule has 2 atom stereocenters. The van der Waals surface area contributed by atoms with Crippen LogP contribution in [0, 0.1) is 0 Å². The Morgan fingerprint density at radius 2 is 2.53 bits per heavy atom. The average molecular weight is 239 g/mol. The molecule has 0 radical (unpaired) electrons. The molecule has 2 rings (SSSR count). The summed E-state index contributed by atoms with van der Waals surface area (Å²) in [7, 11) is 1.78. The molecule has 1 aromatic heterocycles. The molecule has 0 bridgehead atoms. The van der Waals surface area contributed by atoms with Crippen molar-refractivity contribution in [3.63, 3.8) is 0 Å². The average Bonchev–Trinajstić information content (AvgIpc) is 2.91. The van der Waals surface area contributed by atoms with E-state index in [4.69, 9.17) is 10.5 Å². The molecule has 0 amide bonds. The minimum Gasteiger partial charge on any atom is -0.388 e. The predicted octanol–water partition coefficient (Wildman–Crippen LogP) is 1.39. The number of rotatable bonds is 5. The predicted molar refractivity (Wildman–Crippen MR) is 65.4 cm³/mol. The second-order valence-electron chi connectivity index (χ2n) is 4.69. The number of hydrogen-bond acceptors (Lipinski definition) is 4. The Morgan fingerprint density at radius 1 is 1.71 bits per heavy atom. The lowest BCUT2D eigenvalue weighted by Gasteiger charge is -2.12. The molecule has 2 unspecified atom stereocenters. The van der Waals surface area contributed by atoms with Crippen molar-refractivity contribution in [3.8, 4) is 0 Å². The number of aromatic nitrogens is 2. The summed E-state index contributed by atoms with van der Waals surface area (Å²) in [6, 6.07) is 0. The van der Waals surface area contributed by atoms with E-state index in [-0.39, 0.29) is 0 Å². The van der Waals surface area contributed by atoms with E-state index in [9.17, 15) is 5.11 Å². The van der Waals surface area contributed by atoms with Gasteiger partial charge in [0.05, 0.1) is 18.4 Å². The van der Waals surface area contributed by atoms with E-state index in [1.165, 1.54) is 6.42 Å². The second-order valence-corrected chi connectivity index (χ2v) is 4.69. The van der Waals surface area contributed by atoms with E-state index in [0.29, 0.717) is 11.9 Å². The van der Waals surface area contributed by atoms with Crippen LogP contribution in [0.2, 0.25) is 0 Å². The zero-order chi connectivity index (χ0) is 12.3. The summed E-state index contributed by atoms with van der Waals surface area (Å²) >= 11 is 0. The number of aliphatic hydroxyl groups excluding tert-OH is 1. The lowest BCUT2D eigenvalue weighted by atomic mass is 10.0. The Hall–Kier alpha value is -1.07. The Morgan fingerprint density at radius 3 is 3.12 bits per heavy atom. The third-order valence-electron chi connectivity index (χ3n) is 3.40. The first kappa shape index (κ1) is 12.4. The first-order chi connectivity index (χ1) is 8.18. The minimum absolute atomic E-state index is 0.397. The fourth-order valence-electron chi connectivity index (χ4n) is 2.29. The maximum atomic E-state index is 10.0. The van der Waals surface area contributed by atoms with Crippen molar-refractivity contribution in [2.45, 2.75) is 44.3 Å². The topological polar surface area (TPSA) is 73.3 Å². The van der Waals surface area contributed by atoms with Gasteiger partial charge in [0.1, 0.15) is 5.82 Å². The standard InChI is InChI=1S/C12H21N3O2/c1-15-12(13)10(8-14-15)11(16)6-2-4-9-5-3-7-17-9/h8-9,11,16H,2-7,13H2,1H3. The summed E-state index contributed by atoms with van der Waals surface area (Å²) in [6.07, 6.45) is 6.56. The molecule has 5 heteroatoms. The van der Waals surface area contributed by atoms with Gasteiger partial charge in [0.25, 0.3) is 0 Å². The monoisotopic (exact) mass is 239 g/mol. The summed E-state index contributed by atoms with van der Waals surface area (Å²) in [6.45, 7) is 0.892. The van der Waals surface area contributed by atoms with Crippen LogP contribution in [0.3, 0.4) is 0 Å². The fraction of sp³-hybridized carbons (Fsp3) is 0.750. The molecule has 0 aliphatic carbocycles. The molecule has 0 spiro atoms. The van der Waals surface area contributed by atoms with E-state index < -0.39 is 6.10 Å². The summed E-state index contributed by atoms with van der Waals surface area (Å²) in [5, 5.41) is 14.0. The van der Waals surface area contributed by atoms with E-state index >= 15 is 0 Å². The van der Waals surface area contributed by atoms with Gasteiger partial charge in [0.2, 0.25) is 0 Å². The third-order valence-corrected chi connectivity index (χ3v) is 3.40. The Balaban J connectivity index is 1.76. The Labute approximate surface area is 102 Å². The number of nitrogens with two attached hydrogens (primary N) is 1. The number of hydrogen-bond donors (Lipinski definition) is 2. The van der Waals surface area contributed by atoms with Gasteiger partial charge in [-0.3, -0.25) is 4.68 Å². The van der Waals surface area contributed by atoms with Crippen LogP contribution in [0.25, 0.3) is 0 Å². The summed E-state index contributed by atoms with van der Waals surface area (Å²) in [5.74, 6) is 0.551. The van der Waals surface area contributed by atoms with Crippen LogP contribution < -0.4 is 5.73 Å². The smallest absolute Gasteiger partial charge is 0.127 e. The molecule has 1 aliphatic heterocycles. The van der Waals surface area contributed by atoms with Gasteiger partial charge >= 0.3 is 0 Å². The van der Waals surface area contributed by atoms with Gasteiger partial charge in [0, 0.05) is 19.2 Å². The van der Waals surface area contributed by atoms with Gasteiger partial charge < -0.3 is 15.6 Å². The Bertz CT molecular complexity index is 359. The van der Waals surface area contributed by atoms with Crippen molar-refractivity contribution >= 4 is 5.82 Å². The van der Waals surface area contributed by atoms with Crippen LogP contribution in [0.5, 0.6) is 0 Å². The molecule has 17 heavy (non-hydrogen) atoms. The maximum Gasteiger partial charge on any atom is 0.127 e. The van der Waals surface area contributed by atoms with Gasteiger partial charge in [-0.1, -0.05) is 0 Å². The van der Waals surface area contributed by atoms with Gasteiger partial charge in [-0.2, -0.15) is 5.10 Å². The lowest BCUT2D eigenvalue weighted by molar-refractivity contribution is 0.0945. The molecule has 2 heterocycles. The molecule has 1 aliphatic rings. The zero-order valence-electron chi connectivity index (χ0n) is 10.3. The van der Waals surface area contributed by atoms with Crippen molar-refractivity contribution in [2.24, 2.45) is 7.05 Å². The van der Waals surface area contributed by atoms with Gasteiger partial charge in [-0.25, -0.2) is 0 Å². The van der Waals surface area contributed by atoms with Gasteiger partial charge in [-0.15, -0.1) is 0 Å². The molecule has 1 fully saturated rings. The zero-order valence-corrected chi connectivity index (χ0v) is 10.3. The van der Waals surface area contributed by atoms with Crippen LogP contribution in [0.4, 0.5) is 5.82 Å². The number of nitrogen functional groups attached to an aromatic ring is 1. The molecule has 1 saturated heterocycles. The van der Waals surface area contributed by atoms with E-state index in [2.05, 4.69) is 5.10 Å². The molecule has 96 valence electrons. The van der Waals surface area contributed by atoms with Crippen LogP contribution in [0.15, 0.2) is 6.20 Å². The van der Waals surface area contributed by atoms with Gasteiger partial charge in [-0.05, 0) is 32.1 Å². The highest BCUT2D eigenvalue weighted by Gasteiger charge is 2.18. The third kappa shape index (κ3) is 2.98. The minimum atomic E-state index is -0.509. The van der Waals surface area contributed by atoms with Crippen molar-refractivity contribution in [1.29, 1.82) is 0 Å². The molecular weight excluding hydrogens is 218 g/mol. The van der Waals surface area contributed by atoms with E-state index in [1.54, 1.807) is 17.9 Å². The van der Waals surface area contributed by atoms with Crippen LogP contribution in [-0.4, -0.2) is 27.6 Å². The highest BCUT2D eigenvalue weighted by atomic mass is 16.5. The van der Waals surface area contributed by atoms with E-state index in [0.717, 1.165) is 37.9 Å². The molecule has 0 saturated carbocycles. The lowest BCUT2D eigenvalue weighted by Crippen LogP contribution is -2.07. The largest absolute Gasteiger partial charge is 0.388 e. The first-order valence-electron chi connectivity index (χ1n) is 6.25. The van der Waals surface area contributed by atoms with Crippen LogP contribution in [-0.2, 0) is 11.8 Å². The summed E-state index contributed by atoms with van der Waals surface area (Å²) in [5.41, 5.74) is 6.55. The number of aliphatic hydroxyl groups is 1. The number of ether oxygens (including phenoxy) is 1. The second kappa shape index (κ2) is 5.51. The van der Waals surface area contributed by atoms with Crippen LogP contribution in [0.1, 0.15) is 43.8 Å². The van der Waals surface area contributed by atoms with Crippen LogP contribution >= 0.6 is 0 Å². The molecule has 3 N–H and O–H groups in total. The molecule has 5 nitrogen and oxygen atoms in total. The molecule has 0 aromatic carbocycles. The number of anilines is 1. The summed E-state index contributed by atoms with van der Waals surface area (Å²) < 4.78 is 7.13. The van der Waals surface area contributed by atoms with Crippen molar-refractivity contribution < 1.29 is 9.84 Å². The van der Waals surface area contributed by atoms with Crippen molar-refractivity contribution in [1.82, 2.24) is 9.78 Å². The normalized spacial score (nSPS) is 21.9. The Kier molecular flexibility index (Phi) is 4.02. The number of aryl methyl sites for hydroxylation is 1. The highest BCUT2D eigenvalue weighted by Crippen LogP contribution is 2.25. The SMILES string of the molecule is Cn1ncc(C(O)CCCC2CCCO2)c1N. The van der Waals surface area contributed by atoms with Crippen molar-refractivity contribution in [3.05, 3.63) is 11.8 Å². The first-order valence-corrected chi connectivity index (χ1v) is 6.25. The number of nitrogens with zero attached hydrogens (tertiary/aromatic N) is 2. The molecular formula is C12H21N3O2. The van der Waals surface area contributed by atoms with Gasteiger partial charge in [0.15, 0.2) is 0 Å². The highest BCUT2D eigenvalue weighted by molar-refractivity contribution is 5.39. The quantitative estimate of drug-likeness (QED) is 0.814. The fourth-order valence-corrected chi connectivity index (χ4v) is 2.29. The maximum absolute atomic E-state index is 10.0. The van der Waals surface area contributed by atoms with Crippen molar-refractivity contribution in [2.75, 3.05) is 12.3 Å². The van der Waals surface area contributed by atoms with E-state index in [1.807, 2.05) is 0 Å².